The van der Waals surface area contributed by atoms with E-state index in [1.165, 1.54) is 0 Å². The van der Waals surface area contributed by atoms with E-state index in [1.807, 2.05) is 19.9 Å². The smallest absolute Gasteiger partial charge is 0.246 e. The molecular formula is C14H17BrN4O2. The Hall–Kier alpha value is -1.73. The highest BCUT2D eigenvalue weighted by molar-refractivity contribution is 9.18. The number of aliphatic hydroxyl groups is 1. The third-order valence-electron chi connectivity index (χ3n) is 3.15. The number of rotatable bonds is 4. The Balaban J connectivity index is 2.28. The number of nitrogens with zero attached hydrogens (tertiary/aromatic N) is 3. The predicted octanol–water partition coefficient (Wildman–Crippen LogP) is 1.51. The molecule has 2 rings (SSSR count). The molecule has 0 aliphatic carbocycles. The maximum absolute atomic E-state index is 11.4. The van der Waals surface area contributed by atoms with Crippen molar-refractivity contribution in [3.8, 4) is 0 Å². The third kappa shape index (κ3) is 3.30. The van der Waals surface area contributed by atoms with Gasteiger partial charge in [0.25, 0.3) is 0 Å². The molecule has 0 aromatic heterocycles. The third-order valence-corrected chi connectivity index (χ3v) is 4.05. The van der Waals surface area contributed by atoms with Crippen molar-refractivity contribution in [1.82, 2.24) is 10.2 Å². The molecule has 0 radical (unpaired) electrons. The molecular weight excluding hydrogens is 336 g/mol. The van der Waals surface area contributed by atoms with Gasteiger partial charge in [-0.2, -0.15) is 0 Å². The highest BCUT2D eigenvalue weighted by Gasteiger charge is 2.32. The standard InChI is InChI=1S/C14H17BrN4O2/c1-8(5-4-6-20)13(15)18-12-9(2)16-14-17-11(21)7-19(14)10(12)3/h4-5,8,20H,3,6-7H2,1-2H3,(H,16,17,21)/b5-4?,18-13+/t8-/m1/s1. The van der Waals surface area contributed by atoms with E-state index in [-0.39, 0.29) is 25.0 Å². The quantitative estimate of drug-likeness (QED) is 0.594. The summed E-state index contributed by atoms with van der Waals surface area (Å²) in [4.78, 5) is 22.0. The molecule has 0 bridgehead atoms. The van der Waals surface area contributed by atoms with E-state index in [4.69, 9.17) is 5.11 Å². The zero-order valence-electron chi connectivity index (χ0n) is 11.9. The number of hydrogen-bond donors (Lipinski definition) is 2. The molecule has 7 heteroatoms. The second-order valence-electron chi connectivity index (χ2n) is 4.78. The average Bonchev–Trinajstić information content (AvgIpc) is 2.81. The minimum absolute atomic E-state index is 0.00569. The fourth-order valence-electron chi connectivity index (χ4n) is 2.01. The summed E-state index contributed by atoms with van der Waals surface area (Å²) in [7, 11) is 0. The largest absolute Gasteiger partial charge is 0.392 e. The molecule has 2 aliphatic rings. The van der Waals surface area contributed by atoms with Gasteiger partial charge in [0.2, 0.25) is 11.9 Å². The van der Waals surface area contributed by atoms with Crippen molar-refractivity contribution in [2.75, 3.05) is 13.2 Å². The summed E-state index contributed by atoms with van der Waals surface area (Å²) >= 11 is 3.44. The molecule has 6 nitrogen and oxygen atoms in total. The van der Waals surface area contributed by atoms with Gasteiger partial charge in [0.1, 0.15) is 12.2 Å². The van der Waals surface area contributed by atoms with Crippen LogP contribution < -0.4 is 5.32 Å². The number of aliphatic imine (C=N–C) groups is 2. The van der Waals surface area contributed by atoms with Crippen LogP contribution in [0.4, 0.5) is 0 Å². The first-order valence-corrected chi connectivity index (χ1v) is 7.31. The Morgan fingerprint density at radius 2 is 2.43 bits per heavy atom. The summed E-state index contributed by atoms with van der Waals surface area (Å²) in [5.74, 6) is 0.422. The summed E-state index contributed by atoms with van der Waals surface area (Å²) in [5, 5.41) is 11.5. The summed E-state index contributed by atoms with van der Waals surface area (Å²) in [6, 6.07) is 0. The van der Waals surface area contributed by atoms with Crippen LogP contribution in [0.15, 0.2) is 45.8 Å². The summed E-state index contributed by atoms with van der Waals surface area (Å²) in [5.41, 5.74) is 1.99. The SMILES string of the molecule is C=C1C(/N=C(/Br)[C@H](C)C=CCO)=C(C)N=C2NC(=O)CN12. The van der Waals surface area contributed by atoms with Gasteiger partial charge < -0.3 is 10.0 Å². The molecule has 1 atom stereocenters. The van der Waals surface area contributed by atoms with Gasteiger partial charge in [-0.15, -0.1) is 0 Å². The number of aliphatic hydroxyl groups excluding tert-OH is 1. The first-order chi connectivity index (χ1) is 9.93. The topological polar surface area (TPSA) is 77.3 Å². The Kier molecular flexibility index (Phi) is 4.74. The second kappa shape index (κ2) is 6.36. The van der Waals surface area contributed by atoms with Crippen molar-refractivity contribution in [3.05, 3.63) is 35.8 Å². The van der Waals surface area contributed by atoms with Crippen LogP contribution in [0.1, 0.15) is 13.8 Å². The van der Waals surface area contributed by atoms with Crippen LogP contribution in [-0.4, -0.2) is 39.6 Å². The summed E-state index contributed by atoms with van der Waals surface area (Å²) in [6.45, 7) is 7.99. The minimum Gasteiger partial charge on any atom is -0.392 e. The van der Waals surface area contributed by atoms with E-state index in [9.17, 15) is 4.79 Å². The summed E-state index contributed by atoms with van der Waals surface area (Å²) in [6.07, 6.45) is 3.52. The Morgan fingerprint density at radius 3 is 3.10 bits per heavy atom. The highest BCUT2D eigenvalue weighted by atomic mass is 79.9. The van der Waals surface area contributed by atoms with Crippen molar-refractivity contribution < 1.29 is 9.90 Å². The van der Waals surface area contributed by atoms with E-state index in [1.54, 1.807) is 11.0 Å². The zero-order valence-corrected chi connectivity index (χ0v) is 13.5. The van der Waals surface area contributed by atoms with Gasteiger partial charge in [0.15, 0.2) is 0 Å². The van der Waals surface area contributed by atoms with Crippen LogP contribution >= 0.6 is 15.9 Å². The molecule has 0 spiro atoms. The second-order valence-corrected chi connectivity index (χ2v) is 5.60. The first-order valence-electron chi connectivity index (χ1n) is 6.52. The van der Waals surface area contributed by atoms with E-state index < -0.39 is 0 Å². The van der Waals surface area contributed by atoms with Crippen LogP contribution in [0.2, 0.25) is 0 Å². The number of guanidine groups is 1. The Morgan fingerprint density at radius 1 is 1.71 bits per heavy atom. The van der Waals surface area contributed by atoms with Gasteiger partial charge >= 0.3 is 0 Å². The fraction of sp³-hybridized carbons (Fsp3) is 0.357. The molecule has 2 aliphatic heterocycles. The fourth-order valence-corrected chi connectivity index (χ4v) is 2.34. The van der Waals surface area contributed by atoms with Gasteiger partial charge in [-0.05, 0) is 22.9 Å². The molecule has 1 saturated heterocycles. The van der Waals surface area contributed by atoms with E-state index >= 15 is 0 Å². The normalized spacial score (nSPS) is 20.9. The number of fused-ring (bicyclic) bond motifs is 1. The molecule has 0 aromatic carbocycles. The van der Waals surface area contributed by atoms with Gasteiger partial charge in [0, 0.05) is 5.92 Å². The molecule has 112 valence electrons. The minimum atomic E-state index is -0.105. The Bertz CT molecular complexity index is 604. The number of allylic oxidation sites excluding steroid dienone is 2. The van der Waals surface area contributed by atoms with Gasteiger partial charge in [-0.3, -0.25) is 10.1 Å². The molecule has 1 fully saturated rings. The number of nitrogens with one attached hydrogen (secondary N) is 1. The van der Waals surface area contributed by atoms with Crippen LogP contribution in [0.5, 0.6) is 0 Å². The lowest BCUT2D eigenvalue weighted by Gasteiger charge is -2.25. The predicted molar refractivity (Wildman–Crippen MR) is 85.9 cm³/mol. The molecule has 0 unspecified atom stereocenters. The van der Waals surface area contributed by atoms with Crippen molar-refractivity contribution in [2.24, 2.45) is 15.9 Å². The molecule has 2 heterocycles. The van der Waals surface area contributed by atoms with Crippen molar-refractivity contribution in [2.45, 2.75) is 13.8 Å². The van der Waals surface area contributed by atoms with E-state index in [2.05, 4.69) is 37.8 Å². The summed E-state index contributed by atoms with van der Waals surface area (Å²) < 4.78 is 0.708. The first kappa shape index (κ1) is 15.7. The maximum Gasteiger partial charge on any atom is 0.246 e. The van der Waals surface area contributed by atoms with Gasteiger partial charge in [-0.25, -0.2) is 9.98 Å². The molecule has 1 amide bonds. The van der Waals surface area contributed by atoms with Gasteiger partial charge in [0.05, 0.1) is 22.6 Å². The zero-order chi connectivity index (χ0) is 15.6. The monoisotopic (exact) mass is 352 g/mol. The lowest BCUT2D eigenvalue weighted by molar-refractivity contribution is -0.118. The molecule has 21 heavy (non-hydrogen) atoms. The van der Waals surface area contributed by atoms with Crippen molar-refractivity contribution in [1.29, 1.82) is 0 Å². The highest BCUT2D eigenvalue weighted by Crippen LogP contribution is 2.28. The lowest BCUT2D eigenvalue weighted by atomic mass is 10.2. The van der Waals surface area contributed by atoms with Crippen molar-refractivity contribution in [3.63, 3.8) is 0 Å². The van der Waals surface area contributed by atoms with E-state index in [0.29, 0.717) is 27.7 Å². The van der Waals surface area contributed by atoms with Crippen LogP contribution in [0, 0.1) is 5.92 Å². The average molecular weight is 353 g/mol. The molecule has 2 N–H and O–H groups in total. The van der Waals surface area contributed by atoms with Gasteiger partial charge in [-0.1, -0.05) is 25.7 Å². The van der Waals surface area contributed by atoms with Crippen LogP contribution in [0.25, 0.3) is 0 Å². The van der Waals surface area contributed by atoms with Crippen LogP contribution in [0.3, 0.4) is 0 Å². The number of hydrogen-bond acceptors (Lipinski definition) is 5. The van der Waals surface area contributed by atoms with E-state index in [0.717, 1.165) is 0 Å². The lowest BCUT2D eigenvalue weighted by Crippen LogP contribution is -2.32. The number of amides is 1. The maximum atomic E-state index is 11.4. The number of carbonyl (C=O) groups is 1. The van der Waals surface area contributed by atoms with Crippen molar-refractivity contribution >= 4 is 32.4 Å². The molecule has 0 saturated carbocycles. The molecule has 0 aromatic rings. The Labute approximate surface area is 131 Å². The number of halogens is 1. The number of carbonyl (C=O) groups excluding carboxylic acids is 1. The van der Waals surface area contributed by atoms with Crippen LogP contribution in [-0.2, 0) is 4.79 Å².